The van der Waals surface area contributed by atoms with Gasteiger partial charge in [-0.3, -0.25) is 9.78 Å². The van der Waals surface area contributed by atoms with Crippen molar-refractivity contribution in [1.82, 2.24) is 15.6 Å². The number of hydrogen-bond acceptors (Lipinski definition) is 3. The molecule has 1 aromatic heterocycles. The molecule has 4 heteroatoms. The van der Waals surface area contributed by atoms with Crippen molar-refractivity contribution in [3.05, 3.63) is 65.9 Å². The highest BCUT2D eigenvalue weighted by Crippen LogP contribution is 2.30. The molecule has 4 nitrogen and oxygen atoms in total. The lowest BCUT2D eigenvalue weighted by molar-refractivity contribution is 0.0954. The zero-order valence-corrected chi connectivity index (χ0v) is 16.3. The standard InChI is InChI=1S/C23H27N3O/c1-16(2)24-13-8-14-25-23(27)21-15-26-22(18-10-5-4-9-17(18)3)20-12-7-6-11-19(20)21/h4-7,9-12,15-16,24H,8,13-14H2,1-3H3,(H,25,27). The minimum absolute atomic E-state index is 0.0698. The van der Waals surface area contributed by atoms with E-state index in [1.54, 1.807) is 6.20 Å². The average molecular weight is 361 g/mol. The number of hydrogen-bond donors (Lipinski definition) is 2. The van der Waals surface area contributed by atoms with Crippen molar-refractivity contribution in [1.29, 1.82) is 0 Å². The van der Waals surface area contributed by atoms with Gasteiger partial charge in [0.25, 0.3) is 5.91 Å². The first-order valence-electron chi connectivity index (χ1n) is 9.53. The zero-order chi connectivity index (χ0) is 19.2. The van der Waals surface area contributed by atoms with Crippen LogP contribution in [0, 0.1) is 6.92 Å². The highest BCUT2D eigenvalue weighted by atomic mass is 16.1. The summed E-state index contributed by atoms with van der Waals surface area (Å²) in [6.45, 7) is 7.85. The summed E-state index contributed by atoms with van der Waals surface area (Å²) in [5.74, 6) is -0.0698. The Balaban J connectivity index is 1.85. The van der Waals surface area contributed by atoms with E-state index in [9.17, 15) is 4.79 Å². The maximum atomic E-state index is 12.7. The van der Waals surface area contributed by atoms with Crippen molar-refractivity contribution < 1.29 is 4.79 Å². The summed E-state index contributed by atoms with van der Waals surface area (Å²) in [6, 6.07) is 16.6. The molecule has 27 heavy (non-hydrogen) atoms. The first-order chi connectivity index (χ1) is 13.1. The minimum atomic E-state index is -0.0698. The maximum Gasteiger partial charge on any atom is 0.253 e. The van der Waals surface area contributed by atoms with Crippen molar-refractivity contribution in [2.24, 2.45) is 0 Å². The first kappa shape index (κ1) is 19.1. The summed E-state index contributed by atoms with van der Waals surface area (Å²) in [5.41, 5.74) is 3.81. The smallest absolute Gasteiger partial charge is 0.253 e. The maximum absolute atomic E-state index is 12.7. The second-order valence-electron chi connectivity index (χ2n) is 7.10. The first-order valence-corrected chi connectivity index (χ1v) is 9.53. The summed E-state index contributed by atoms with van der Waals surface area (Å²) in [5, 5.41) is 8.31. The van der Waals surface area contributed by atoms with E-state index in [4.69, 9.17) is 0 Å². The number of fused-ring (bicyclic) bond motifs is 1. The summed E-state index contributed by atoms with van der Waals surface area (Å²) in [4.78, 5) is 17.4. The largest absolute Gasteiger partial charge is 0.352 e. The lowest BCUT2D eigenvalue weighted by Gasteiger charge is -2.13. The van der Waals surface area contributed by atoms with Gasteiger partial charge in [0.05, 0.1) is 11.3 Å². The molecule has 0 fully saturated rings. The fourth-order valence-corrected chi connectivity index (χ4v) is 3.20. The van der Waals surface area contributed by atoms with Gasteiger partial charge in [-0.25, -0.2) is 0 Å². The van der Waals surface area contributed by atoms with Gasteiger partial charge in [-0.15, -0.1) is 0 Å². The predicted octanol–water partition coefficient (Wildman–Crippen LogP) is 4.33. The van der Waals surface area contributed by atoms with E-state index < -0.39 is 0 Å². The van der Waals surface area contributed by atoms with Crippen LogP contribution in [0.5, 0.6) is 0 Å². The van der Waals surface area contributed by atoms with Gasteiger partial charge in [0, 0.05) is 29.7 Å². The second kappa shape index (κ2) is 8.78. The van der Waals surface area contributed by atoms with Crippen molar-refractivity contribution in [2.75, 3.05) is 13.1 Å². The van der Waals surface area contributed by atoms with Crippen LogP contribution in [0.15, 0.2) is 54.7 Å². The molecule has 3 aromatic rings. The Bertz CT molecular complexity index is 934. The Labute approximate surface area is 161 Å². The Kier molecular flexibility index (Phi) is 6.20. The fourth-order valence-electron chi connectivity index (χ4n) is 3.20. The third kappa shape index (κ3) is 4.52. The molecule has 2 N–H and O–H groups in total. The number of amides is 1. The second-order valence-corrected chi connectivity index (χ2v) is 7.10. The van der Waals surface area contributed by atoms with E-state index in [-0.39, 0.29) is 5.91 Å². The number of aryl methyl sites for hydroxylation is 1. The Morgan fingerprint density at radius 2 is 1.70 bits per heavy atom. The van der Waals surface area contributed by atoms with Gasteiger partial charge >= 0.3 is 0 Å². The molecular weight excluding hydrogens is 334 g/mol. The third-order valence-corrected chi connectivity index (χ3v) is 4.63. The van der Waals surface area contributed by atoms with Gasteiger partial charge < -0.3 is 10.6 Å². The molecular formula is C23H27N3O. The minimum Gasteiger partial charge on any atom is -0.352 e. The Morgan fingerprint density at radius 1 is 1.00 bits per heavy atom. The molecule has 0 aliphatic carbocycles. The molecule has 1 amide bonds. The predicted molar refractivity (Wildman–Crippen MR) is 112 cm³/mol. The van der Waals surface area contributed by atoms with Crippen LogP contribution in [0.1, 0.15) is 36.2 Å². The molecule has 0 radical (unpaired) electrons. The molecule has 1 heterocycles. The Morgan fingerprint density at radius 3 is 2.44 bits per heavy atom. The number of carbonyl (C=O) groups excluding carboxylic acids is 1. The summed E-state index contributed by atoms with van der Waals surface area (Å²) in [7, 11) is 0. The molecule has 0 unspecified atom stereocenters. The van der Waals surface area contributed by atoms with Crippen LogP contribution in [-0.4, -0.2) is 30.0 Å². The molecule has 0 aliphatic heterocycles. The van der Waals surface area contributed by atoms with Crippen LogP contribution < -0.4 is 10.6 Å². The van der Waals surface area contributed by atoms with Gasteiger partial charge in [-0.05, 0) is 30.8 Å². The summed E-state index contributed by atoms with van der Waals surface area (Å²) >= 11 is 0. The molecule has 140 valence electrons. The van der Waals surface area contributed by atoms with E-state index in [1.807, 2.05) is 36.4 Å². The van der Waals surface area contributed by atoms with E-state index in [1.165, 1.54) is 5.56 Å². The van der Waals surface area contributed by atoms with Crippen LogP contribution in [0.2, 0.25) is 0 Å². The van der Waals surface area contributed by atoms with Gasteiger partial charge in [-0.2, -0.15) is 0 Å². The number of nitrogens with zero attached hydrogens (tertiary/aromatic N) is 1. The fraction of sp³-hybridized carbons (Fsp3) is 0.304. The number of nitrogens with one attached hydrogen (secondary N) is 2. The third-order valence-electron chi connectivity index (χ3n) is 4.63. The molecule has 3 rings (SSSR count). The number of pyridine rings is 1. The van der Waals surface area contributed by atoms with Crippen LogP contribution in [-0.2, 0) is 0 Å². The van der Waals surface area contributed by atoms with Crippen LogP contribution in [0.4, 0.5) is 0 Å². The van der Waals surface area contributed by atoms with Crippen LogP contribution in [0.25, 0.3) is 22.0 Å². The molecule has 0 saturated carbocycles. The number of benzene rings is 2. The highest BCUT2D eigenvalue weighted by Gasteiger charge is 2.15. The van der Waals surface area contributed by atoms with Gasteiger partial charge in [0.1, 0.15) is 0 Å². The molecule has 0 atom stereocenters. The van der Waals surface area contributed by atoms with Gasteiger partial charge in [0.2, 0.25) is 0 Å². The van der Waals surface area contributed by atoms with Crippen molar-refractivity contribution >= 4 is 16.7 Å². The highest BCUT2D eigenvalue weighted by molar-refractivity contribution is 6.09. The van der Waals surface area contributed by atoms with Crippen molar-refractivity contribution in [3.63, 3.8) is 0 Å². The van der Waals surface area contributed by atoms with E-state index in [0.29, 0.717) is 18.2 Å². The number of carbonyl (C=O) groups is 1. The van der Waals surface area contributed by atoms with Gasteiger partial charge in [0.15, 0.2) is 0 Å². The lowest BCUT2D eigenvalue weighted by Crippen LogP contribution is -2.29. The summed E-state index contributed by atoms with van der Waals surface area (Å²) < 4.78 is 0. The van der Waals surface area contributed by atoms with E-state index in [0.717, 1.165) is 35.0 Å². The van der Waals surface area contributed by atoms with E-state index >= 15 is 0 Å². The number of rotatable bonds is 7. The molecule has 0 aliphatic rings. The SMILES string of the molecule is Cc1ccccc1-c1ncc(C(=O)NCCCNC(C)C)c2ccccc12. The molecule has 2 aromatic carbocycles. The van der Waals surface area contributed by atoms with Gasteiger partial charge in [-0.1, -0.05) is 62.4 Å². The zero-order valence-electron chi connectivity index (χ0n) is 16.3. The summed E-state index contributed by atoms with van der Waals surface area (Å²) in [6.07, 6.45) is 2.60. The van der Waals surface area contributed by atoms with Crippen molar-refractivity contribution in [3.8, 4) is 11.3 Å². The quantitative estimate of drug-likeness (QED) is 0.616. The Hall–Kier alpha value is -2.72. The molecule has 0 spiro atoms. The van der Waals surface area contributed by atoms with Crippen LogP contribution >= 0.6 is 0 Å². The molecule has 0 bridgehead atoms. The average Bonchev–Trinajstić information content (AvgIpc) is 2.67. The normalized spacial score (nSPS) is 11.1. The monoisotopic (exact) mass is 361 g/mol. The molecule has 0 saturated heterocycles. The van der Waals surface area contributed by atoms with Crippen molar-refractivity contribution in [2.45, 2.75) is 33.2 Å². The topological polar surface area (TPSA) is 54.0 Å². The lowest BCUT2D eigenvalue weighted by atomic mass is 9.98. The number of aromatic nitrogens is 1. The van der Waals surface area contributed by atoms with Crippen LogP contribution in [0.3, 0.4) is 0 Å². The van der Waals surface area contributed by atoms with E-state index in [2.05, 4.69) is 48.5 Å².